The van der Waals surface area contributed by atoms with Crippen LogP contribution in [0, 0.1) is 0 Å². The lowest BCUT2D eigenvalue weighted by atomic mass is 10.1. The lowest BCUT2D eigenvalue weighted by Crippen LogP contribution is -2.44. The highest BCUT2D eigenvalue weighted by Crippen LogP contribution is 2.32. The first-order valence-electron chi connectivity index (χ1n) is 9.49. The Morgan fingerprint density at radius 2 is 2.06 bits per heavy atom. The van der Waals surface area contributed by atoms with Crippen LogP contribution < -0.4 is 16.8 Å². The summed E-state index contributed by atoms with van der Waals surface area (Å²) in [7, 11) is -0.354. The largest absolute Gasteiger partial charge is 0.480 e. The maximum absolute atomic E-state index is 11.4. The third kappa shape index (κ3) is 5.04. The van der Waals surface area contributed by atoms with Crippen LogP contribution in [0.15, 0.2) is 12.7 Å². The summed E-state index contributed by atoms with van der Waals surface area (Å²) in [5.74, 6) is -0.610. The standard InChI is InChI=1S/C17H25N7O6S/c1-31(3-2-8(17(28)29)23-10(25)4-18)5-9-12(26)13(27)16(30-9)24-7-22-11-14(19)20-6-21-15(11)24/h6-9,12-13,16,26-27H,2-5,18H2,1H3,(H3-,19,20,21,23,25,28,29)/p+1/t8?,9-,12-,13-,16-,31?/m1/s1. The predicted molar refractivity (Wildman–Crippen MR) is 112 cm³/mol. The number of nitrogens with one attached hydrogen (secondary N) is 1. The smallest absolute Gasteiger partial charge is 0.326 e. The van der Waals surface area contributed by atoms with E-state index in [1.807, 2.05) is 6.26 Å². The Morgan fingerprint density at radius 1 is 1.32 bits per heavy atom. The highest BCUT2D eigenvalue weighted by atomic mass is 32.2. The first-order chi connectivity index (χ1) is 14.7. The molecule has 14 heteroatoms. The normalized spacial score (nSPS) is 25.4. The second-order valence-electron chi connectivity index (χ2n) is 7.23. The number of imidazole rings is 1. The topological polar surface area (TPSA) is 212 Å². The average Bonchev–Trinajstić information content (AvgIpc) is 3.28. The molecule has 1 aliphatic heterocycles. The van der Waals surface area contributed by atoms with Gasteiger partial charge in [-0.2, -0.15) is 0 Å². The maximum Gasteiger partial charge on any atom is 0.326 e. The van der Waals surface area contributed by atoms with Crippen molar-refractivity contribution in [1.82, 2.24) is 24.8 Å². The van der Waals surface area contributed by atoms with E-state index >= 15 is 0 Å². The van der Waals surface area contributed by atoms with Crippen molar-refractivity contribution in [3.63, 3.8) is 0 Å². The molecule has 1 amide bonds. The summed E-state index contributed by atoms with van der Waals surface area (Å²) in [5, 5.41) is 32.6. The molecule has 2 unspecified atom stereocenters. The highest BCUT2D eigenvalue weighted by molar-refractivity contribution is 7.96. The van der Waals surface area contributed by atoms with E-state index in [0.29, 0.717) is 22.7 Å². The summed E-state index contributed by atoms with van der Waals surface area (Å²) >= 11 is 0. The molecule has 13 nitrogen and oxygen atoms in total. The number of nitrogen functional groups attached to an aromatic ring is 1. The number of nitrogens with zero attached hydrogens (tertiary/aromatic N) is 4. The number of carboxylic acids is 1. The van der Waals surface area contributed by atoms with Gasteiger partial charge in [-0.1, -0.05) is 0 Å². The van der Waals surface area contributed by atoms with Gasteiger partial charge in [-0.3, -0.25) is 9.36 Å². The van der Waals surface area contributed by atoms with Crippen LogP contribution in [0.3, 0.4) is 0 Å². The van der Waals surface area contributed by atoms with Crippen LogP contribution in [0.2, 0.25) is 0 Å². The number of carboxylic acid groups (broad SMARTS) is 1. The van der Waals surface area contributed by atoms with Crippen molar-refractivity contribution in [3.05, 3.63) is 12.7 Å². The highest BCUT2D eigenvalue weighted by Gasteiger charge is 2.46. The molecule has 0 aromatic carbocycles. The summed E-state index contributed by atoms with van der Waals surface area (Å²) in [4.78, 5) is 34.9. The number of nitrogens with two attached hydrogens (primary N) is 2. The summed E-state index contributed by atoms with van der Waals surface area (Å²) in [6, 6.07) is -1.04. The van der Waals surface area contributed by atoms with Crippen molar-refractivity contribution in [2.24, 2.45) is 5.73 Å². The van der Waals surface area contributed by atoms with Crippen molar-refractivity contribution >= 4 is 39.8 Å². The molecule has 3 rings (SSSR count). The molecule has 31 heavy (non-hydrogen) atoms. The van der Waals surface area contributed by atoms with Gasteiger partial charge in [-0.05, 0) is 10.9 Å². The fourth-order valence-corrected chi connectivity index (χ4v) is 4.99. The predicted octanol–water partition coefficient (Wildman–Crippen LogP) is -2.81. The Labute approximate surface area is 180 Å². The van der Waals surface area contributed by atoms with Crippen molar-refractivity contribution < 1.29 is 29.6 Å². The van der Waals surface area contributed by atoms with E-state index in [1.54, 1.807) is 0 Å². The Bertz CT molecular complexity index is 943. The van der Waals surface area contributed by atoms with E-state index in [-0.39, 0.29) is 29.7 Å². The van der Waals surface area contributed by atoms with Gasteiger partial charge in [0, 0.05) is 6.42 Å². The molecule has 8 N–H and O–H groups in total. The van der Waals surface area contributed by atoms with E-state index in [1.165, 1.54) is 17.2 Å². The average molecular weight is 457 g/mol. The van der Waals surface area contributed by atoms with Gasteiger partial charge in [-0.25, -0.2) is 19.7 Å². The van der Waals surface area contributed by atoms with E-state index in [2.05, 4.69) is 20.3 Å². The first kappa shape index (κ1) is 23.1. The number of aliphatic hydroxyl groups excluding tert-OH is 2. The van der Waals surface area contributed by atoms with Gasteiger partial charge in [0.15, 0.2) is 17.7 Å². The summed E-state index contributed by atoms with van der Waals surface area (Å²) in [6.45, 7) is -0.289. The number of anilines is 1. The number of rotatable bonds is 9. The Morgan fingerprint density at radius 3 is 2.74 bits per heavy atom. The number of hydrogen-bond donors (Lipinski definition) is 6. The van der Waals surface area contributed by atoms with Crippen molar-refractivity contribution in [3.8, 4) is 0 Å². The maximum atomic E-state index is 11.4. The number of carbonyl (C=O) groups excluding carboxylic acids is 1. The van der Waals surface area contributed by atoms with Crippen LogP contribution in [-0.2, 0) is 25.2 Å². The van der Waals surface area contributed by atoms with Crippen LogP contribution in [0.5, 0.6) is 0 Å². The monoisotopic (exact) mass is 456 g/mol. The number of aromatic nitrogens is 4. The van der Waals surface area contributed by atoms with E-state index in [0.717, 1.165) is 0 Å². The Hall–Kier alpha value is -2.52. The number of aliphatic carboxylic acids is 1. The Balaban J connectivity index is 1.62. The zero-order chi connectivity index (χ0) is 22.7. The molecule has 1 aliphatic rings. The second kappa shape index (κ2) is 9.74. The van der Waals surface area contributed by atoms with Gasteiger partial charge < -0.3 is 36.8 Å². The van der Waals surface area contributed by atoms with E-state index in [9.17, 15) is 24.9 Å². The quantitative estimate of drug-likeness (QED) is 0.212. The van der Waals surface area contributed by atoms with Crippen molar-refractivity contribution in [2.45, 2.75) is 37.0 Å². The summed E-state index contributed by atoms with van der Waals surface area (Å²) < 4.78 is 7.41. The van der Waals surface area contributed by atoms with Crippen molar-refractivity contribution in [1.29, 1.82) is 0 Å². The molecule has 2 aromatic heterocycles. The third-order valence-corrected chi connectivity index (χ3v) is 6.85. The SMILES string of the molecule is C[S+](CCC(NC(=O)CN)C(=O)O)C[C@H]1O[C@@H](n2cnc3c(N)ncnc32)[C@H](O)[C@@H]1O. The molecular weight excluding hydrogens is 430 g/mol. The van der Waals surface area contributed by atoms with Gasteiger partial charge >= 0.3 is 5.97 Å². The first-order valence-corrected chi connectivity index (χ1v) is 11.5. The lowest BCUT2D eigenvalue weighted by molar-refractivity contribution is -0.141. The van der Waals surface area contributed by atoms with E-state index < -0.39 is 42.5 Å². The molecule has 1 saturated heterocycles. The third-order valence-electron chi connectivity index (χ3n) is 5.02. The molecule has 2 aromatic rings. The van der Waals surface area contributed by atoms with Crippen LogP contribution in [0.4, 0.5) is 5.82 Å². The zero-order valence-corrected chi connectivity index (χ0v) is 17.6. The summed E-state index contributed by atoms with van der Waals surface area (Å²) in [5.41, 5.74) is 11.7. The second-order valence-corrected chi connectivity index (χ2v) is 9.54. The molecule has 6 atom stereocenters. The molecule has 0 bridgehead atoms. The van der Waals surface area contributed by atoms with Crippen LogP contribution >= 0.6 is 0 Å². The van der Waals surface area contributed by atoms with Gasteiger partial charge in [-0.15, -0.1) is 0 Å². The van der Waals surface area contributed by atoms with E-state index in [4.69, 9.17) is 16.2 Å². The number of aliphatic hydroxyl groups is 2. The molecule has 0 saturated carbocycles. The van der Waals surface area contributed by atoms with Gasteiger partial charge in [0.2, 0.25) is 5.91 Å². The molecule has 0 aliphatic carbocycles. The molecule has 170 valence electrons. The van der Waals surface area contributed by atoms with Crippen LogP contribution in [0.1, 0.15) is 12.6 Å². The molecule has 0 spiro atoms. The van der Waals surface area contributed by atoms with Gasteiger partial charge in [0.25, 0.3) is 0 Å². The van der Waals surface area contributed by atoms with Gasteiger partial charge in [0.05, 0.1) is 19.1 Å². The van der Waals surface area contributed by atoms with Crippen molar-refractivity contribution in [2.75, 3.05) is 30.0 Å². The fourth-order valence-electron chi connectivity index (χ4n) is 3.35. The minimum atomic E-state index is -1.22. The lowest BCUT2D eigenvalue weighted by Gasteiger charge is -2.16. The number of ether oxygens (including phenoxy) is 1. The molecule has 0 radical (unpaired) electrons. The number of hydrogen-bond acceptors (Lipinski definition) is 10. The number of amides is 1. The Kier molecular flexibility index (Phi) is 7.27. The molecule has 1 fully saturated rings. The molecular formula is C17H26N7O6S+. The zero-order valence-electron chi connectivity index (χ0n) is 16.8. The fraction of sp³-hybridized carbons (Fsp3) is 0.588. The number of fused-ring (bicyclic) bond motifs is 1. The minimum Gasteiger partial charge on any atom is -0.480 e. The summed E-state index contributed by atoms with van der Waals surface area (Å²) in [6.07, 6.45) is 0.852. The minimum absolute atomic E-state index is 0.193. The van der Waals surface area contributed by atoms with Crippen LogP contribution in [0.25, 0.3) is 11.2 Å². The van der Waals surface area contributed by atoms with Crippen LogP contribution in [-0.4, -0.2) is 95.4 Å². The number of carbonyl (C=O) groups is 2. The van der Waals surface area contributed by atoms with Gasteiger partial charge in [0.1, 0.15) is 47.7 Å². The molecule has 3 heterocycles.